The van der Waals surface area contributed by atoms with Crippen LogP contribution in [-0.4, -0.2) is 19.8 Å². The number of halogens is 3. The standard InChI is InChI=1S/C11H11Cl2FO2/c1-16-11(15)5-8(6-14)7-2-3-9(12)10(13)4-7/h2-4,8H,5-6H2,1H3/t8-/m0/s1. The van der Waals surface area contributed by atoms with E-state index >= 15 is 0 Å². The van der Waals surface area contributed by atoms with Crippen molar-refractivity contribution in [3.05, 3.63) is 33.8 Å². The Morgan fingerprint density at radius 3 is 2.62 bits per heavy atom. The summed E-state index contributed by atoms with van der Waals surface area (Å²) in [6.07, 6.45) is -0.00897. The molecule has 0 radical (unpaired) electrons. The molecule has 0 aliphatic carbocycles. The van der Waals surface area contributed by atoms with Gasteiger partial charge in [0.05, 0.1) is 30.3 Å². The van der Waals surface area contributed by atoms with Crippen LogP contribution in [0.15, 0.2) is 18.2 Å². The van der Waals surface area contributed by atoms with Gasteiger partial charge in [-0.05, 0) is 17.7 Å². The van der Waals surface area contributed by atoms with Crippen LogP contribution in [0, 0.1) is 0 Å². The molecule has 0 saturated carbocycles. The van der Waals surface area contributed by atoms with Crippen LogP contribution >= 0.6 is 23.2 Å². The minimum absolute atomic E-state index is 0.00897. The van der Waals surface area contributed by atoms with E-state index in [1.54, 1.807) is 18.2 Å². The lowest BCUT2D eigenvalue weighted by atomic mass is 9.97. The first kappa shape index (κ1) is 13.3. The first-order valence-electron chi connectivity index (χ1n) is 4.66. The smallest absolute Gasteiger partial charge is 0.306 e. The molecule has 1 aromatic rings. The Kier molecular flexibility index (Phi) is 5.03. The normalized spacial score (nSPS) is 12.2. The van der Waals surface area contributed by atoms with E-state index in [0.29, 0.717) is 15.6 Å². The van der Waals surface area contributed by atoms with E-state index in [9.17, 15) is 9.18 Å². The summed E-state index contributed by atoms with van der Waals surface area (Å²) >= 11 is 11.6. The van der Waals surface area contributed by atoms with Crippen LogP contribution < -0.4 is 0 Å². The van der Waals surface area contributed by atoms with Gasteiger partial charge in [0.2, 0.25) is 0 Å². The highest BCUT2D eigenvalue weighted by atomic mass is 35.5. The van der Waals surface area contributed by atoms with Crippen molar-refractivity contribution in [1.29, 1.82) is 0 Å². The highest BCUT2D eigenvalue weighted by Gasteiger charge is 2.17. The molecule has 0 unspecified atom stereocenters. The van der Waals surface area contributed by atoms with Crippen molar-refractivity contribution in [3.63, 3.8) is 0 Å². The molecule has 0 saturated heterocycles. The fourth-order valence-electron chi connectivity index (χ4n) is 1.31. The van der Waals surface area contributed by atoms with Gasteiger partial charge in [-0.25, -0.2) is 0 Å². The molecule has 0 bridgehead atoms. The summed E-state index contributed by atoms with van der Waals surface area (Å²) in [7, 11) is 1.27. The molecule has 0 aliphatic rings. The van der Waals surface area contributed by atoms with Gasteiger partial charge in [0.1, 0.15) is 0 Å². The average Bonchev–Trinajstić information content (AvgIpc) is 2.29. The highest BCUT2D eigenvalue weighted by molar-refractivity contribution is 6.42. The van der Waals surface area contributed by atoms with Crippen LogP contribution in [0.1, 0.15) is 17.9 Å². The third-order valence-electron chi connectivity index (χ3n) is 2.24. The number of esters is 1. The fraction of sp³-hybridized carbons (Fsp3) is 0.364. The van der Waals surface area contributed by atoms with E-state index in [-0.39, 0.29) is 6.42 Å². The predicted molar refractivity (Wildman–Crippen MR) is 61.8 cm³/mol. The van der Waals surface area contributed by atoms with Gasteiger partial charge in [-0.15, -0.1) is 0 Å². The van der Waals surface area contributed by atoms with Gasteiger partial charge in [-0.1, -0.05) is 29.3 Å². The molecule has 88 valence electrons. The fourth-order valence-corrected chi connectivity index (χ4v) is 1.62. The molecule has 0 aromatic heterocycles. The van der Waals surface area contributed by atoms with E-state index in [1.165, 1.54) is 7.11 Å². The predicted octanol–water partition coefficient (Wildman–Crippen LogP) is 3.61. The second kappa shape index (κ2) is 6.06. The van der Waals surface area contributed by atoms with E-state index in [1.807, 2.05) is 0 Å². The zero-order chi connectivity index (χ0) is 12.1. The minimum atomic E-state index is -0.646. The van der Waals surface area contributed by atoms with Crippen molar-refractivity contribution in [3.8, 4) is 0 Å². The molecule has 1 aromatic carbocycles. The first-order chi connectivity index (χ1) is 7.58. The molecule has 0 spiro atoms. The topological polar surface area (TPSA) is 26.3 Å². The van der Waals surface area contributed by atoms with E-state index in [2.05, 4.69) is 4.74 Å². The number of benzene rings is 1. The lowest BCUT2D eigenvalue weighted by molar-refractivity contribution is -0.141. The number of rotatable bonds is 4. The lowest BCUT2D eigenvalue weighted by Gasteiger charge is -2.12. The van der Waals surface area contributed by atoms with Gasteiger partial charge in [0, 0.05) is 5.92 Å². The molecule has 16 heavy (non-hydrogen) atoms. The summed E-state index contributed by atoms with van der Waals surface area (Å²) in [6.45, 7) is -0.646. The number of hydrogen-bond donors (Lipinski definition) is 0. The maximum atomic E-state index is 12.8. The van der Waals surface area contributed by atoms with Gasteiger partial charge >= 0.3 is 5.97 Å². The van der Waals surface area contributed by atoms with Crippen molar-refractivity contribution in [2.24, 2.45) is 0 Å². The third kappa shape index (κ3) is 3.35. The summed E-state index contributed by atoms with van der Waals surface area (Å²) in [4.78, 5) is 11.1. The summed E-state index contributed by atoms with van der Waals surface area (Å²) in [5.41, 5.74) is 0.641. The Morgan fingerprint density at radius 2 is 2.12 bits per heavy atom. The Balaban J connectivity index is 2.86. The van der Waals surface area contributed by atoms with E-state index in [0.717, 1.165) is 0 Å². The summed E-state index contributed by atoms with van der Waals surface area (Å²) in [6, 6.07) is 4.80. The molecular weight excluding hydrogens is 254 g/mol. The Hall–Kier alpha value is -0.800. The van der Waals surface area contributed by atoms with Gasteiger partial charge in [-0.2, -0.15) is 0 Å². The number of carbonyl (C=O) groups excluding carboxylic acids is 1. The SMILES string of the molecule is COC(=O)C[C@@H](CF)c1ccc(Cl)c(Cl)c1. The third-order valence-corrected chi connectivity index (χ3v) is 2.98. The van der Waals surface area contributed by atoms with E-state index in [4.69, 9.17) is 23.2 Å². The molecule has 0 fully saturated rings. The largest absolute Gasteiger partial charge is 0.469 e. The Labute approximate surface area is 103 Å². The van der Waals surface area contributed by atoms with Crippen LogP contribution in [0.25, 0.3) is 0 Å². The molecule has 0 amide bonds. The van der Waals surface area contributed by atoms with E-state index < -0.39 is 18.6 Å². The summed E-state index contributed by atoms with van der Waals surface area (Å²) in [5, 5.41) is 0.753. The molecule has 5 heteroatoms. The van der Waals surface area contributed by atoms with Gasteiger partial charge in [-0.3, -0.25) is 9.18 Å². The zero-order valence-corrected chi connectivity index (χ0v) is 10.2. The van der Waals surface area contributed by atoms with Crippen molar-refractivity contribution in [2.45, 2.75) is 12.3 Å². The maximum absolute atomic E-state index is 12.8. The quantitative estimate of drug-likeness (QED) is 0.777. The van der Waals surface area contributed by atoms with Gasteiger partial charge in [0.25, 0.3) is 0 Å². The van der Waals surface area contributed by atoms with Crippen molar-refractivity contribution >= 4 is 29.2 Å². The van der Waals surface area contributed by atoms with Gasteiger partial charge in [0.15, 0.2) is 0 Å². The van der Waals surface area contributed by atoms with Gasteiger partial charge < -0.3 is 4.74 Å². The second-order valence-corrected chi connectivity index (χ2v) is 4.12. The van der Waals surface area contributed by atoms with Crippen molar-refractivity contribution in [1.82, 2.24) is 0 Å². The molecule has 0 N–H and O–H groups in total. The summed E-state index contributed by atoms with van der Waals surface area (Å²) in [5.74, 6) is -0.990. The molecule has 0 heterocycles. The molecular formula is C11H11Cl2FO2. The number of ether oxygens (including phenoxy) is 1. The first-order valence-corrected chi connectivity index (χ1v) is 5.41. The Bertz CT molecular complexity index is 382. The van der Waals surface area contributed by atoms with Crippen LogP contribution in [0.2, 0.25) is 10.0 Å². The average molecular weight is 265 g/mol. The second-order valence-electron chi connectivity index (χ2n) is 3.31. The maximum Gasteiger partial charge on any atom is 0.306 e. The van der Waals surface area contributed by atoms with Crippen LogP contribution in [0.5, 0.6) is 0 Å². The summed E-state index contributed by atoms with van der Waals surface area (Å²) < 4.78 is 17.3. The molecule has 1 rings (SSSR count). The number of hydrogen-bond acceptors (Lipinski definition) is 2. The zero-order valence-electron chi connectivity index (χ0n) is 8.67. The van der Waals surface area contributed by atoms with Crippen LogP contribution in [0.4, 0.5) is 4.39 Å². The molecule has 2 nitrogen and oxygen atoms in total. The highest BCUT2D eigenvalue weighted by Crippen LogP contribution is 2.28. The number of carbonyl (C=O) groups is 1. The molecule has 0 aliphatic heterocycles. The van der Waals surface area contributed by atoms with Crippen LogP contribution in [0.3, 0.4) is 0 Å². The number of methoxy groups -OCH3 is 1. The Morgan fingerprint density at radius 1 is 1.44 bits per heavy atom. The number of alkyl halides is 1. The van der Waals surface area contributed by atoms with Crippen molar-refractivity contribution < 1.29 is 13.9 Å². The lowest BCUT2D eigenvalue weighted by Crippen LogP contribution is -2.10. The van der Waals surface area contributed by atoms with Crippen molar-refractivity contribution in [2.75, 3.05) is 13.8 Å². The molecule has 1 atom stereocenters. The minimum Gasteiger partial charge on any atom is -0.469 e. The van der Waals surface area contributed by atoms with Crippen LogP contribution in [-0.2, 0) is 9.53 Å². The monoisotopic (exact) mass is 264 g/mol.